The standard InChI is InChI=1S/C25H31F3N2O4/c1-14(2)21(22(32)33)30-23(25(26,27)28)24(5,6)12-11-17-7-8-18-9-10-19(29-20(18)13-17)15(3)34-16(4)31/h7-15,21,23,30H,1-6H3,(H,32,33)/b12-11+/t15-,21+,23-/m1/s1. The first-order valence-electron chi connectivity index (χ1n) is 10.9. The van der Waals surface area contributed by atoms with Crippen molar-refractivity contribution in [2.24, 2.45) is 11.3 Å². The van der Waals surface area contributed by atoms with Gasteiger partial charge in [-0.1, -0.05) is 58.0 Å². The molecule has 6 nitrogen and oxygen atoms in total. The maximum atomic E-state index is 13.9. The fraction of sp³-hybridized carbons (Fsp3) is 0.480. The third kappa shape index (κ3) is 7.03. The van der Waals surface area contributed by atoms with Crippen molar-refractivity contribution in [2.45, 2.75) is 65.9 Å². The lowest BCUT2D eigenvalue weighted by Gasteiger charge is -2.36. The summed E-state index contributed by atoms with van der Waals surface area (Å²) in [6, 6.07) is 5.45. The normalized spacial score (nSPS) is 15.5. The third-order valence-corrected chi connectivity index (χ3v) is 5.55. The predicted molar refractivity (Wildman–Crippen MR) is 124 cm³/mol. The zero-order valence-electron chi connectivity index (χ0n) is 20.1. The van der Waals surface area contributed by atoms with Crippen molar-refractivity contribution in [1.29, 1.82) is 0 Å². The molecule has 0 aliphatic carbocycles. The summed E-state index contributed by atoms with van der Waals surface area (Å²) in [4.78, 5) is 27.2. The Kier molecular flexibility index (Phi) is 8.47. The quantitative estimate of drug-likeness (QED) is 0.459. The van der Waals surface area contributed by atoms with Crippen LogP contribution in [0, 0.1) is 11.3 Å². The Morgan fingerprint density at radius 3 is 2.26 bits per heavy atom. The first kappa shape index (κ1) is 27.3. The number of alkyl halides is 3. The molecule has 34 heavy (non-hydrogen) atoms. The number of pyridine rings is 1. The number of benzene rings is 1. The van der Waals surface area contributed by atoms with E-state index in [4.69, 9.17) is 4.74 Å². The molecule has 0 fully saturated rings. The Morgan fingerprint density at radius 2 is 1.74 bits per heavy atom. The fourth-order valence-corrected chi connectivity index (χ4v) is 3.66. The number of aliphatic carboxylic acids is 1. The lowest BCUT2D eigenvalue weighted by atomic mass is 9.82. The van der Waals surface area contributed by atoms with Crippen LogP contribution in [0.1, 0.15) is 58.9 Å². The average Bonchev–Trinajstić information content (AvgIpc) is 2.69. The number of rotatable bonds is 9. The summed E-state index contributed by atoms with van der Waals surface area (Å²) in [7, 11) is 0. The SMILES string of the molecule is CC(=O)O[C@H](C)c1ccc2ccc(/C=C/C(C)(C)[C@@H](N[C@H](C(=O)O)C(C)C)C(F)(F)F)cc2n1. The second kappa shape index (κ2) is 10.5. The number of halogens is 3. The van der Waals surface area contributed by atoms with Crippen molar-refractivity contribution in [2.75, 3.05) is 0 Å². The number of ether oxygens (including phenoxy) is 1. The molecule has 1 aromatic heterocycles. The predicted octanol–water partition coefficient (Wildman–Crippen LogP) is 5.53. The molecule has 2 rings (SSSR count). The molecule has 0 unspecified atom stereocenters. The highest BCUT2D eigenvalue weighted by Crippen LogP contribution is 2.36. The van der Waals surface area contributed by atoms with E-state index in [9.17, 15) is 27.9 Å². The molecule has 1 aromatic carbocycles. The van der Waals surface area contributed by atoms with Gasteiger partial charge in [-0.2, -0.15) is 13.2 Å². The van der Waals surface area contributed by atoms with Crippen molar-refractivity contribution >= 4 is 28.9 Å². The van der Waals surface area contributed by atoms with E-state index in [0.29, 0.717) is 16.8 Å². The molecule has 1 heterocycles. The van der Waals surface area contributed by atoms with Crippen LogP contribution in [0.15, 0.2) is 36.4 Å². The monoisotopic (exact) mass is 480 g/mol. The number of carbonyl (C=O) groups is 2. The van der Waals surface area contributed by atoms with Gasteiger partial charge in [0.1, 0.15) is 18.2 Å². The number of carboxylic acids is 1. The molecule has 0 radical (unpaired) electrons. The lowest BCUT2D eigenvalue weighted by molar-refractivity contribution is -0.178. The average molecular weight is 481 g/mol. The van der Waals surface area contributed by atoms with Gasteiger partial charge in [-0.15, -0.1) is 0 Å². The number of hydrogen-bond donors (Lipinski definition) is 2. The number of carboxylic acid groups (broad SMARTS) is 1. The molecule has 9 heteroatoms. The van der Waals surface area contributed by atoms with Crippen molar-refractivity contribution in [1.82, 2.24) is 10.3 Å². The topological polar surface area (TPSA) is 88.5 Å². The Balaban J connectivity index is 2.36. The summed E-state index contributed by atoms with van der Waals surface area (Å²) < 4.78 is 46.9. The van der Waals surface area contributed by atoms with E-state index in [1.165, 1.54) is 26.8 Å². The summed E-state index contributed by atoms with van der Waals surface area (Å²) in [6.07, 6.45) is -2.22. The zero-order valence-corrected chi connectivity index (χ0v) is 20.1. The van der Waals surface area contributed by atoms with Gasteiger partial charge in [0, 0.05) is 17.7 Å². The highest BCUT2D eigenvalue weighted by Gasteiger charge is 2.49. The van der Waals surface area contributed by atoms with Crippen LogP contribution in [0.3, 0.4) is 0 Å². The maximum absolute atomic E-state index is 13.9. The van der Waals surface area contributed by atoms with E-state index >= 15 is 0 Å². The van der Waals surface area contributed by atoms with Gasteiger partial charge < -0.3 is 9.84 Å². The molecule has 2 aromatic rings. The van der Waals surface area contributed by atoms with Gasteiger partial charge in [-0.25, -0.2) is 4.98 Å². The Bertz CT molecular complexity index is 1060. The summed E-state index contributed by atoms with van der Waals surface area (Å²) in [5, 5.41) is 12.5. The van der Waals surface area contributed by atoms with Gasteiger partial charge in [0.15, 0.2) is 0 Å². The first-order valence-corrected chi connectivity index (χ1v) is 10.9. The second-order valence-corrected chi connectivity index (χ2v) is 9.30. The van der Waals surface area contributed by atoms with Crippen LogP contribution in [0.25, 0.3) is 17.0 Å². The molecule has 186 valence electrons. The summed E-state index contributed by atoms with van der Waals surface area (Å²) in [5.74, 6) is -2.29. The van der Waals surface area contributed by atoms with Crippen LogP contribution >= 0.6 is 0 Å². The number of esters is 1. The zero-order chi connectivity index (χ0) is 25.8. The van der Waals surface area contributed by atoms with Crippen molar-refractivity contribution < 1.29 is 32.6 Å². The number of aromatic nitrogens is 1. The van der Waals surface area contributed by atoms with E-state index in [-0.39, 0.29) is 0 Å². The van der Waals surface area contributed by atoms with Crippen LogP contribution in [-0.2, 0) is 14.3 Å². The molecular weight excluding hydrogens is 449 g/mol. The smallest absolute Gasteiger partial charge is 0.404 e. The summed E-state index contributed by atoms with van der Waals surface area (Å²) in [6.45, 7) is 8.94. The Labute approximate surface area is 197 Å². The minimum atomic E-state index is -4.66. The largest absolute Gasteiger partial charge is 0.480 e. The molecule has 0 bridgehead atoms. The maximum Gasteiger partial charge on any atom is 0.404 e. The molecule has 0 saturated heterocycles. The first-order chi connectivity index (χ1) is 15.6. The van der Waals surface area contributed by atoms with E-state index in [1.807, 2.05) is 6.07 Å². The van der Waals surface area contributed by atoms with Crippen molar-refractivity contribution in [3.63, 3.8) is 0 Å². The lowest BCUT2D eigenvalue weighted by Crippen LogP contribution is -2.58. The molecular formula is C25H31F3N2O4. The number of hydrogen-bond acceptors (Lipinski definition) is 5. The molecule has 0 aliphatic rings. The molecule has 0 spiro atoms. The number of nitrogens with zero attached hydrogens (tertiary/aromatic N) is 1. The van der Waals surface area contributed by atoms with E-state index in [1.54, 1.807) is 51.1 Å². The van der Waals surface area contributed by atoms with E-state index < -0.39 is 47.6 Å². The number of nitrogens with one attached hydrogen (secondary N) is 1. The fourth-order valence-electron chi connectivity index (χ4n) is 3.66. The Hall–Kier alpha value is -2.94. The van der Waals surface area contributed by atoms with Crippen LogP contribution in [-0.4, -0.2) is 40.3 Å². The minimum absolute atomic E-state index is 0.427. The van der Waals surface area contributed by atoms with Crippen LogP contribution < -0.4 is 5.32 Å². The Morgan fingerprint density at radius 1 is 1.12 bits per heavy atom. The van der Waals surface area contributed by atoms with Crippen LogP contribution in [0.2, 0.25) is 0 Å². The van der Waals surface area contributed by atoms with E-state index in [0.717, 1.165) is 5.39 Å². The van der Waals surface area contributed by atoms with Gasteiger partial charge in [-0.3, -0.25) is 14.9 Å². The van der Waals surface area contributed by atoms with Gasteiger partial charge in [0.05, 0.1) is 11.2 Å². The summed E-state index contributed by atoms with van der Waals surface area (Å²) >= 11 is 0. The van der Waals surface area contributed by atoms with Crippen molar-refractivity contribution in [3.8, 4) is 0 Å². The highest BCUT2D eigenvalue weighted by atomic mass is 19.4. The van der Waals surface area contributed by atoms with Gasteiger partial charge in [0.2, 0.25) is 0 Å². The molecule has 0 aliphatic heterocycles. The highest BCUT2D eigenvalue weighted by molar-refractivity contribution is 5.81. The van der Waals surface area contributed by atoms with Crippen LogP contribution in [0.4, 0.5) is 13.2 Å². The number of fused-ring (bicyclic) bond motifs is 1. The van der Waals surface area contributed by atoms with E-state index in [2.05, 4.69) is 10.3 Å². The van der Waals surface area contributed by atoms with Gasteiger partial charge >= 0.3 is 18.1 Å². The van der Waals surface area contributed by atoms with Gasteiger partial charge in [-0.05, 0) is 30.5 Å². The third-order valence-electron chi connectivity index (χ3n) is 5.55. The minimum Gasteiger partial charge on any atom is -0.480 e. The molecule has 2 N–H and O–H groups in total. The second-order valence-electron chi connectivity index (χ2n) is 9.30. The van der Waals surface area contributed by atoms with Crippen molar-refractivity contribution in [3.05, 3.63) is 47.7 Å². The van der Waals surface area contributed by atoms with Crippen LogP contribution in [0.5, 0.6) is 0 Å². The van der Waals surface area contributed by atoms with Gasteiger partial charge in [0.25, 0.3) is 0 Å². The summed E-state index contributed by atoms with van der Waals surface area (Å²) in [5.41, 5.74) is 0.339. The molecule has 3 atom stereocenters. The number of carbonyl (C=O) groups excluding carboxylic acids is 1. The molecule has 0 amide bonds. The molecule has 0 saturated carbocycles.